The Labute approximate surface area is 138 Å². The second-order valence-electron chi connectivity index (χ2n) is 0.513. The second kappa shape index (κ2) is 10.7. The summed E-state index contributed by atoms with van der Waals surface area (Å²) < 4.78 is 8.88. The van der Waals surface area contributed by atoms with Gasteiger partial charge in [0.2, 0.25) is 0 Å². The van der Waals surface area contributed by atoms with Crippen LogP contribution in [0.4, 0.5) is 0 Å². The topological polar surface area (TPSA) is 77.8 Å². The van der Waals surface area contributed by atoms with Crippen LogP contribution in [0, 0.1) is 41.7 Å². The molecule has 0 rings (SSSR count). The fourth-order valence-corrected chi connectivity index (χ4v) is 0. The summed E-state index contributed by atoms with van der Waals surface area (Å²) in [5.74, 6) is 0. The van der Waals surface area contributed by atoms with Crippen molar-refractivity contribution in [3.05, 3.63) is 0 Å². The molecule has 0 radical (unpaired) electrons. The first kappa shape index (κ1) is 22.6. The van der Waals surface area contributed by atoms with E-state index < -0.39 is 7.82 Å². The minimum atomic E-state index is -4.64. The van der Waals surface area contributed by atoms with E-state index in [2.05, 4.69) is 0 Å². The molecule has 0 unspecified atom stereocenters. The quantitative estimate of drug-likeness (QED) is 0.294. The Bertz CT molecular complexity index is 71.5. The van der Waals surface area contributed by atoms with Crippen LogP contribution in [0.3, 0.4) is 0 Å². The zero-order valence-corrected chi connectivity index (χ0v) is 12.9. The van der Waals surface area contributed by atoms with E-state index >= 15 is 0 Å². The summed E-state index contributed by atoms with van der Waals surface area (Å²) in [6.45, 7) is 0. The van der Waals surface area contributed by atoms with Gasteiger partial charge in [-0.15, -0.1) is 0 Å². The molecule has 0 aliphatic rings. The van der Waals surface area contributed by atoms with Crippen LogP contribution in [0.15, 0.2) is 0 Å². The van der Waals surface area contributed by atoms with Crippen LogP contribution in [0.1, 0.15) is 4.28 Å². The smallest absolute Gasteiger partial charge is 1.00 e. The third-order valence-corrected chi connectivity index (χ3v) is 0. The fourth-order valence-electron chi connectivity index (χ4n) is 0. The van der Waals surface area contributed by atoms with E-state index in [-0.39, 0.29) is 114 Å². The van der Waals surface area contributed by atoms with Gasteiger partial charge in [0, 0.05) is 41.7 Å². The summed E-state index contributed by atoms with van der Waals surface area (Å²) in [6, 6.07) is 0. The van der Waals surface area contributed by atoms with Gasteiger partial charge < -0.3 is 19.0 Å². The Morgan fingerprint density at radius 2 is 1.25 bits per heavy atom. The predicted molar refractivity (Wildman–Crippen MR) is 23.4 cm³/mol. The molecule has 0 amide bonds. The molecular formula is H6BaCeLiO4P. The number of rotatable bonds is 0. The van der Waals surface area contributed by atoms with Gasteiger partial charge in [-0.05, 0) is 0 Å². The molecule has 4 nitrogen and oxygen atoms in total. The number of phosphoric acid groups is 1. The molecule has 0 heterocycles. The van der Waals surface area contributed by atoms with Crippen molar-refractivity contribution in [3.8, 4) is 0 Å². The van der Waals surface area contributed by atoms with Gasteiger partial charge in [-0.1, -0.05) is 0 Å². The maximum Gasteiger partial charge on any atom is 2.00 e. The Balaban J connectivity index is -0.00000000533. The SMILES string of the molecule is O=P(O)(O)O.[Ba+2].[Ce].[H-].[H-].[H-].[Li+]. The van der Waals surface area contributed by atoms with Crippen molar-refractivity contribution >= 4 is 56.7 Å². The molecule has 0 aromatic rings. The Morgan fingerprint density at radius 3 is 1.25 bits per heavy atom. The van der Waals surface area contributed by atoms with Crippen LogP contribution >= 0.6 is 7.82 Å². The van der Waals surface area contributed by atoms with Crippen molar-refractivity contribution in [1.29, 1.82) is 0 Å². The van der Waals surface area contributed by atoms with Gasteiger partial charge in [-0.2, -0.15) is 0 Å². The van der Waals surface area contributed by atoms with Crippen molar-refractivity contribution in [2.45, 2.75) is 0 Å². The van der Waals surface area contributed by atoms with E-state index in [0.29, 0.717) is 0 Å². The molecule has 0 aromatic carbocycles. The zero-order valence-electron chi connectivity index (χ0n) is 7.40. The Kier molecular flexibility index (Phi) is 30.1. The van der Waals surface area contributed by atoms with E-state index in [0.717, 1.165) is 0 Å². The summed E-state index contributed by atoms with van der Waals surface area (Å²) in [6.07, 6.45) is 0. The third-order valence-electron chi connectivity index (χ3n) is 0. The first-order valence-corrected chi connectivity index (χ1v) is 2.35. The minimum absolute atomic E-state index is 0. The van der Waals surface area contributed by atoms with Crippen LogP contribution in [0.2, 0.25) is 0 Å². The molecule has 0 bridgehead atoms. The molecule has 0 saturated carbocycles. The molecule has 42 valence electrons. The second-order valence-corrected chi connectivity index (χ2v) is 1.54. The molecule has 0 aliphatic heterocycles. The minimum Gasteiger partial charge on any atom is -1.00 e. The average molecular weight is 385 g/mol. The van der Waals surface area contributed by atoms with Crippen LogP contribution in [0.5, 0.6) is 0 Å². The monoisotopic (exact) mass is 386 g/mol. The summed E-state index contributed by atoms with van der Waals surface area (Å²) in [7, 11) is -4.64. The Hall–Kier alpha value is 3.66. The van der Waals surface area contributed by atoms with E-state index in [1.54, 1.807) is 0 Å². The molecule has 0 aliphatic carbocycles. The molecule has 0 spiro atoms. The molecule has 8 heavy (non-hydrogen) atoms. The van der Waals surface area contributed by atoms with Crippen molar-refractivity contribution in [1.82, 2.24) is 0 Å². The predicted octanol–water partition coefficient (Wildman–Crippen LogP) is -3.97. The van der Waals surface area contributed by atoms with Crippen LogP contribution in [-0.2, 0) is 4.57 Å². The van der Waals surface area contributed by atoms with Gasteiger partial charge >= 0.3 is 75.6 Å². The van der Waals surface area contributed by atoms with Crippen molar-refractivity contribution < 1.29 is 84.1 Å². The largest absolute Gasteiger partial charge is 2.00 e. The van der Waals surface area contributed by atoms with Gasteiger partial charge in [0.15, 0.2) is 0 Å². The van der Waals surface area contributed by atoms with Gasteiger partial charge in [-0.25, -0.2) is 4.57 Å². The standard InChI is InChI=1S/Ba.Ce.Li.H3O4P.3H/c;;;1-5(2,3)4;;;/h;;;(H3,1,2,3,4);;;/q+2;;+1;;3*-1. The van der Waals surface area contributed by atoms with Gasteiger partial charge in [0.1, 0.15) is 0 Å². The molecule has 0 fully saturated rings. The number of hydrogen-bond acceptors (Lipinski definition) is 1. The summed E-state index contributed by atoms with van der Waals surface area (Å²) >= 11 is 0. The molecule has 3 N–H and O–H groups in total. The first-order chi connectivity index (χ1) is 2.00. The van der Waals surface area contributed by atoms with Gasteiger partial charge in [-0.3, -0.25) is 0 Å². The van der Waals surface area contributed by atoms with E-state index in [9.17, 15) is 0 Å². The van der Waals surface area contributed by atoms with E-state index in [1.807, 2.05) is 0 Å². The molecule has 8 heteroatoms. The van der Waals surface area contributed by atoms with Crippen molar-refractivity contribution in [2.75, 3.05) is 0 Å². The van der Waals surface area contributed by atoms with Crippen molar-refractivity contribution in [2.24, 2.45) is 0 Å². The molecule has 0 atom stereocenters. The zero-order chi connectivity index (χ0) is 4.50. The maximum atomic E-state index is 8.88. The number of hydrogen-bond donors (Lipinski definition) is 3. The average Bonchev–Trinajstić information content (AvgIpc) is 0.722. The van der Waals surface area contributed by atoms with Gasteiger partial charge in [0.05, 0.1) is 0 Å². The summed E-state index contributed by atoms with van der Waals surface area (Å²) in [5, 5.41) is 0. The first-order valence-electron chi connectivity index (χ1n) is 0.783. The fraction of sp³-hybridized carbons (Fsp3) is 0. The van der Waals surface area contributed by atoms with Crippen LogP contribution < -0.4 is 18.9 Å². The Morgan fingerprint density at radius 1 is 1.25 bits per heavy atom. The van der Waals surface area contributed by atoms with Crippen LogP contribution in [-0.4, -0.2) is 63.6 Å². The molecule has 0 saturated heterocycles. The molecule has 0 aromatic heterocycles. The van der Waals surface area contributed by atoms with Crippen molar-refractivity contribution in [3.63, 3.8) is 0 Å². The maximum absolute atomic E-state index is 8.88. The summed E-state index contributed by atoms with van der Waals surface area (Å²) in [4.78, 5) is 21.6. The third kappa shape index (κ3) is 54.1. The van der Waals surface area contributed by atoms with E-state index in [1.165, 1.54) is 0 Å². The van der Waals surface area contributed by atoms with Crippen LogP contribution in [0.25, 0.3) is 0 Å². The van der Waals surface area contributed by atoms with Gasteiger partial charge in [0.25, 0.3) is 0 Å². The normalized spacial score (nSPS) is 7.38. The van der Waals surface area contributed by atoms with E-state index in [4.69, 9.17) is 19.2 Å². The molecular weight excluding hydrogens is 379 g/mol. The summed E-state index contributed by atoms with van der Waals surface area (Å²) in [5.41, 5.74) is 0.